The van der Waals surface area contributed by atoms with Crippen molar-refractivity contribution in [3.05, 3.63) is 54.1 Å². The van der Waals surface area contributed by atoms with E-state index in [1.807, 2.05) is 12.1 Å². The first-order valence-corrected chi connectivity index (χ1v) is 9.70. The van der Waals surface area contributed by atoms with E-state index in [1.54, 1.807) is 43.4 Å². The van der Waals surface area contributed by atoms with Gasteiger partial charge in [-0.15, -0.1) is 0 Å². The monoisotopic (exact) mass is 360 g/mol. The van der Waals surface area contributed by atoms with Crippen molar-refractivity contribution in [1.82, 2.24) is 0 Å². The van der Waals surface area contributed by atoms with Gasteiger partial charge in [0, 0.05) is 25.3 Å². The molecule has 6 heteroatoms. The Hall–Kier alpha value is -2.34. The number of sulfonamides is 1. The van der Waals surface area contributed by atoms with Gasteiger partial charge in [0.1, 0.15) is 0 Å². The number of nitrogens with one attached hydrogen (secondary N) is 1. The van der Waals surface area contributed by atoms with E-state index < -0.39 is 10.0 Å². The fourth-order valence-electron chi connectivity index (χ4n) is 2.36. The van der Waals surface area contributed by atoms with Crippen LogP contribution in [0, 0.1) is 0 Å². The van der Waals surface area contributed by atoms with Gasteiger partial charge in [-0.1, -0.05) is 26.0 Å². The zero-order valence-electron chi connectivity index (χ0n) is 15.0. The lowest BCUT2D eigenvalue weighted by Gasteiger charge is -2.16. The Morgan fingerprint density at radius 1 is 1.08 bits per heavy atom. The minimum Gasteiger partial charge on any atom is -0.316 e. The summed E-state index contributed by atoms with van der Waals surface area (Å²) < 4.78 is 27.6. The minimum atomic E-state index is -3.64. The van der Waals surface area contributed by atoms with Gasteiger partial charge < -0.3 is 4.90 Å². The van der Waals surface area contributed by atoms with E-state index in [0.717, 1.165) is 12.0 Å². The van der Waals surface area contributed by atoms with Crippen LogP contribution >= 0.6 is 0 Å². The Morgan fingerprint density at radius 2 is 1.64 bits per heavy atom. The normalized spacial score (nSPS) is 12.5. The summed E-state index contributed by atoms with van der Waals surface area (Å²) in [4.78, 5) is 13.1. The number of nitrogens with zero attached hydrogens (tertiary/aromatic N) is 1. The fourth-order valence-corrected chi connectivity index (χ4v) is 3.42. The highest BCUT2D eigenvalue weighted by Crippen LogP contribution is 2.23. The van der Waals surface area contributed by atoms with Gasteiger partial charge in [0.2, 0.25) is 5.91 Å². The molecule has 0 aliphatic rings. The van der Waals surface area contributed by atoms with Crippen molar-refractivity contribution in [2.45, 2.75) is 38.0 Å². The summed E-state index contributed by atoms with van der Waals surface area (Å²) in [7, 11) is -1.98. The summed E-state index contributed by atoms with van der Waals surface area (Å²) in [6.07, 6.45) is 1.01. The first-order valence-electron chi connectivity index (χ1n) is 8.21. The summed E-state index contributed by atoms with van der Waals surface area (Å²) in [6, 6.07) is 13.6. The number of hydrogen-bond acceptors (Lipinski definition) is 3. The molecule has 0 spiro atoms. The van der Waals surface area contributed by atoms with Crippen molar-refractivity contribution in [2.24, 2.45) is 0 Å². The molecule has 2 rings (SSSR count). The topological polar surface area (TPSA) is 66.5 Å². The molecule has 1 unspecified atom stereocenters. The molecule has 25 heavy (non-hydrogen) atoms. The van der Waals surface area contributed by atoms with Crippen molar-refractivity contribution in [1.29, 1.82) is 0 Å². The van der Waals surface area contributed by atoms with Gasteiger partial charge in [0.15, 0.2) is 0 Å². The predicted molar refractivity (Wildman–Crippen MR) is 101 cm³/mol. The van der Waals surface area contributed by atoms with Crippen molar-refractivity contribution < 1.29 is 13.2 Å². The van der Waals surface area contributed by atoms with Gasteiger partial charge in [-0.05, 0) is 54.3 Å². The van der Waals surface area contributed by atoms with E-state index in [4.69, 9.17) is 0 Å². The molecule has 134 valence electrons. The standard InChI is InChI=1S/C19H24N2O3S/c1-5-14(2)16-6-12-19(13-7-16)25(23,24)20-17-8-10-18(11-9-17)21(4)15(3)22/h6-14,20H,5H2,1-4H3. The average Bonchev–Trinajstić information content (AvgIpc) is 2.60. The molecule has 0 saturated carbocycles. The highest BCUT2D eigenvalue weighted by molar-refractivity contribution is 7.92. The quantitative estimate of drug-likeness (QED) is 0.847. The number of anilines is 2. The second kappa shape index (κ2) is 7.70. The lowest BCUT2D eigenvalue weighted by molar-refractivity contribution is -0.116. The van der Waals surface area contributed by atoms with Crippen molar-refractivity contribution >= 4 is 27.3 Å². The Morgan fingerprint density at radius 3 is 2.12 bits per heavy atom. The number of amides is 1. The fraction of sp³-hybridized carbons (Fsp3) is 0.316. The third kappa shape index (κ3) is 4.60. The van der Waals surface area contributed by atoms with Gasteiger partial charge in [-0.2, -0.15) is 0 Å². The van der Waals surface area contributed by atoms with Crippen LogP contribution in [0.15, 0.2) is 53.4 Å². The first kappa shape index (κ1) is 19.0. The van der Waals surface area contributed by atoms with Gasteiger partial charge in [-0.3, -0.25) is 9.52 Å². The Bertz CT molecular complexity index is 828. The molecule has 0 aliphatic heterocycles. The second-order valence-corrected chi connectivity index (χ2v) is 7.79. The Labute approximate surface area is 149 Å². The van der Waals surface area contributed by atoms with Crippen LogP contribution in [-0.2, 0) is 14.8 Å². The van der Waals surface area contributed by atoms with Crippen LogP contribution in [0.1, 0.15) is 38.7 Å². The maximum Gasteiger partial charge on any atom is 0.261 e. The van der Waals surface area contributed by atoms with Gasteiger partial charge in [-0.25, -0.2) is 8.42 Å². The zero-order chi connectivity index (χ0) is 18.6. The van der Waals surface area contributed by atoms with Crippen molar-refractivity contribution in [2.75, 3.05) is 16.7 Å². The highest BCUT2D eigenvalue weighted by atomic mass is 32.2. The molecule has 0 heterocycles. The molecule has 2 aromatic rings. The number of carbonyl (C=O) groups excluding carboxylic acids is 1. The van der Waals surface area contributed by atoms with Crippen LogP contribution < -0.4 is 9.62 Å². The molecule has 0 fully saturated rings. The molecule has 1 atom stereocenters. The Kier molecular flexibility index (Phi) is 5.85. The maximum atomic E-state index is 12.5. The number of benzene rings is 2. The molecular weight excluding hydrogens is 336 g/mol. The number of hydrogen-bond donors (Lipinski definition) is 1. The van der Waals surface area contributed by atoms with E-state index in [-0.39, 0.29) is 10.8 Å². The lowest BCUT2D eigenvalue weighted by Crippen LogP contribution is -2.22. The smallest absolute Gasteiger partial charge is 0.261 e. The third-order valence-corrected chi connectivity index (χ3v) is 5.75. The van der Waals surface area contributed by atoms with Crippen LogP contribution in [0.2, 0.25) is 0 Å². The van der Waals surface area contributed by atoms with Crippen LogP contribution in [0.5, 0.6) is 0 Å². The summed E-state index contributed by atoms with van der Waals surface area (Å²) in [5.41, 5.74) is 2.28. The summed E-state index contributed by atoms with van der Waals surface area (Å²) in [5, 5.41) is 0. The van der Waals surface area contributed by atoms with E-state index in [0.29, 0.717) is 17.3 Å². The van der Waals surface area contributed by atoms with Gasteiger partial charge >= 0.3 is 0 Å². The van der Waals surface area contributed by atoms with Crippen LogP contribution in [0.4, 0.5) is 11.4 Å². The van der Waals surface area contributed by atoms with Crippen molar-refractivity contribution in [3.63, 3.8) is 0 Å². The Balaban J connectivity index is 2.17. The van der Waals surface area contributed by atoms with E-state index in [2.05, 4.69) is 18.6 Å². The average molecular weight is 360 g/mol. The molecule has 0 radical (unpaired) electrons. The maximum absolute atomic E-state index is 12.5. The van der Waals surface area contributed by atoms with Crippen LogP contribution in [0.25, 0.3) is 0 Å². The minimum absolute atomic E-state index is 0.0882. The third-order valence-electron chi connectivity index (χ3n) is 4.35. The molecule has 2 aromatic carbocycles. The molecular formula is C19H24N2O3S. The molecule has 5 nitrogen and oxygen atoms in total. The second-order valence-electron chi connectivity index (χ2n) is 6.11. The molecule has 1 N–H and O–H groups in total. The summed E-state index contributed by atoms with van der Waals surface area (Å²) >= 11 is 0. The highest BCUT2D eigenvalue weighted by Gasteiger charge is 2.15. The SMILES string of the molecule is CCC(C)c1ccc(S(=O)(=O)Nc2ccc(N(C)C(C)=O)cc2)cc1. The number of carbonyl (C=O) groups is 1. The molecule has 0 aromatic heterocycles. The van der Waals surface area contributed by atoms with Gasteiger partial charge in [0.05, 0.1) is 4.90 Å². The van der Waals surface area contributed by atoms with E-state index in [1.165, 1.54) is 11.8 Å². The molecule has 0 aliphatic carbocycles. The van der Waals surface area contributed by atoms with E-state index in [9.17, 15) is 13.2 Å². The summed E-state index contributed by atoms with van der Waals surface area (Å²) in [5.74, 6) is 0.310. The van der Waals surface area contributed by atoms with Crippen LogP contribution in [-0.4, -0.2) is 21.4 Å². The molecule has 1 amide bonds. The summed E-state index contributed by atoms with van der Waals surface area (Å²) in [6.45, 7) is 5.69. The zero-order valence-corrected chi connectivity index (χ0v) is 15.8. The predicted octanol–water partition coefficient (Wildman–Crippen LogP) is 3.98. The van der Waals surface area contributed by atoms with Crippen LogP contribution in [0.3, 0.4) is 0 Å². The molecule has 0 saturated heterocycles. The first-order chi connectivity index (χ1) is 11.7. The largest absolute Gasteiger partial charge is 0.316 e. The number of rotatable bonds is 6. The van der Waals surface area contributed by atoms with Gasteiger partial charge in [0.25, 0.3) is 10.0 Å². The lowest BCUT2D eigenvalue weighted by atomic mass is 9.99. The van der Waals surface area contributed by atoms with E-state index >= 15 is 0 Å². The molecule has 0 bridgehead atoms. The van der Waals surface area contributed by atoms with Crippen molar-refractivity contribution in [3.8, 4) is 0 Å².